The van der Waals surface area contributed by atoms with Gasteiger partial charge in [-0.1, -0.05) is 6.07 Å². The number of carbonyl (C=O) groups is 2. The Morgan fingerprint density at radius 2 is 1.81 bits per heavy atom. The van der Waals surface area contributed by atoms with Gasteiger partial charge < -0.3 is 5.32 Å². The van der Waals surface area contributed by atoms with Crippen LogP contribution >= 0.6 is 0 Å². The first kappa shape index (κ1) is 19.6. The number of hydrogen-bond donors (Lipinski definition) is 1. The number of carbonyl (C=O) groups excluding carboxylic acids is 2. The topological polar surface area (TPSA) is 86.8 Å². The van der Waals surface area contributed by atoms with Gasteiger partial charge in [-0.2, -0.15) is 17.5 Å². The summed E-state index contributed by atoms with van der Waals surface area (Å²) in [7, 11) is -4.15. The molecule has 1 spiro atoms. The van der Waals surface area contributed by atoms with E-state index in [1.54, 1.807) is 6.92 Å². The lowest BCUT2D eigenvalue weighted by molar-refractivity contribution is -0.137. The first-order valence-corrected chi connectivity index (χ1v) is 9.77. The minimum absolute atomic E-state index is 0.0618. The number of sulfonamides is 1. The van der Waals surface area contributed by atoms with Crippen molar-refractivity contribution in [1.29, 1.82) is 0 Å². The van der Waals surface area contributed by atoms with Gasteiger partial charge in [-0.05, 0) is 38.0 Å². The first-order valence-electron chi connectivity index (χ1n) is 8.33. The van der Waals surface area contributed by atoms with Gasteiger partial charge in [0.2, 0.25) is 10.0 Å². The van der Waals surface area contributed by atoms with E-state index in [1.807, 2.05) is 0 Å². The van der Waals surface area contributed by atoms with E-state index in [0.29, 0.717) is 6.07 Å². The fraction of sp³-hybridized carbons (Fsp3) is 0.500. The standard InChI is InChI=1S/C16H18F3N3O4S/c1-2-22-13(23)15(20-14(22)24)6-8-21(9-7-15)27(25,26)12-5-3-4-11(10-12)16(17,18)19/h3-5,10H,2,6-9H2,1H3,(H,20,24). The van der Waals surface area contributed by atoms with Crippen LogP contribution in [-0.4, -0.2) is 54.7 Å². The second-order valence-electron chi connectivity index (χ2n) is 6.49. The fourth-order valence-electron chi connectivity index (χ4n) is 3.39. The molecule has 1 N–H and O–H groups in total. The van der Waals surface area contributed by atoms with E-state index in [4.69, 9.17) is 0 Å². The van der Waals surface area contributed by atoms with E-state index in [2.05, 4.69) is 5.32 Å². The third kappa shape index (κ3) is 3.29. The van der Waals surface area contributed by atoms with Crippen molar-refractivity contribution in [3.05, 3.63) is 29.8 Å². The molecule has 2 heterocycles. The number of halogens is 3. The highest BCUT2D eigenvalue weighted by atomic mass is 32.2. The van der Waals surface area contributed by atoms with Gasteiger partial charge in [0.05, 0.1) is 10.5 Å². The summed E-state index contributed by atoms with van der Waals surface area (Å²) in [6.07, 6.45) is -4.53. The number of alkyl halides is 3. The van der Waals surface area contributed by atoms with E-state index in [0.717, 1.165) is 27.4 Å². The summed E-state index contributed by atoms with van der Waals surface area (Å²) >= 11 is 0. The molecule has 0 atom stereocenters. The summed E-state index contributed by atoms with van der Waals surface area (Å²) in [5.74, 6) is -0.397. The highest BCUT2D eigenvalue weighted by Crippen LogP contribution is 2.34. The number of rotatable bonds is 3. The molecule has 1 aromatic rings. The number of imide groups is 1. The molecule has 0 unspecified atom stereocenters. The second-order valence-corrected chi connectivity index (χ2v) is 8.43. The van der Waals surface area contributed by atoms with E-state index in [1.165, 1.54) is 0 Å². The van der Waals surface area contributed by atoms with Gasteiger partial charge in [-0.3, -0.25) is 9.69 Å². The van der Waals surface area contributed by atoms with Gasteiger partial charge in [0.15, 0.2) is 0 Å². The summed E-state index contributed by atoms with van der Waals surface area (Å²) in [4.78, 5) is 24.9. The van der Waals surface area contributed by atoms with Crippen molar-refractivity contribution in [3.8, 4) is 0 Å². The van der Waals surface area contributed by atoms with Gasteiger partial charge in [-0.25, -0.2) is 13.2 Å². The molecular weight excluding hydrogens is 387 g/mol. The summed E-state index contributed by atoms with van der Waals surface area (Å²) in [5.41, 5.74) is -2.19. The molecule has 3 amide bonds. The van der Waals surface area contributed by atoms with Gasteiger partial charge in [-0.15, -0.1) is 0 Å². The molecule has 7 nitrogen and oxygen atoms in total. The van der Waals surface area contributed by atoms with Crippen molar-refractivity contribution in [2.45, 2.75) is 36.4 Å². The molecule has 0 bridgehead atoms. The highest BCUT2D eigenvalue weighted by Gasteiger charge is 2.52. The van der Waals surface area contributed by atoms with Crippen molar-refractivity contribution >= 4 is 22.0 Å². The third-order valence-corrected chi connectivity index (χ3v) is 6.83. The maximum atomic E-state index is 12.9. The molecular formula is C16H18F3N3O4S. The average Bonchev–Trinajstić information content (AvgIpc) is 2.84. The molecule has 0 aromatic heterocycles. The van der Waals surface area contributed by atoms with Gasteiger partial charge in [0, 0.05) is 19.6 Å². The Morgan fingerprint density at radius 3 is 2.33 bits per heavy atom. The monoisotopic (exact) mass is 405 g/mol. The van der Waals surface area contributed by atoms with Crippen molar-refractivity contribution in [2.75, 3.05) is 19.6 Å². The van der Waals surface area contributed by atoms with Crippen LogP contribution in [0.25, 0.3) is 0 Å². The van der Waals surface area contributed by atoms with Crippen LogP contribution in [0.15, 0.2) is 29.2 Å². The van der Waals surface area contributed by atoms with Gasteiger partial charge in [0.1, 0.15) is 5.54 Å². The highest BCUT2D eigenvalue weighted by molar-refractivity contribution is 7.89. The summed E-state index contributed by atoms with van der Waals surface area (Å²) < 4.78 is 65.0. The number of nitrogens with one attached hydrogen (secondary N) is 1. The lowest BCUT2D eigenvalue weighted by Gasteiger charge is -2.36. The largest absolute Gasteiger partial charge is 0.416 e. The molecule has 148 valence electrons. The zero-order valence-electron chi connectivity index (χ0n) is 14.4. The molecule has 2 saturated heterocycles. The van der Waals surface area contributed by atoms with Crippen molar-refractivity contribution in [2.24, 2.45) is 0 Å². The molecule has 27 heavy (non-hydrogen) atoms. The molecule has 3 rings (SSSR count). The molecule has 1 aromatic carbocycles. The van der Waals surface area contributed by atoms with E-state index in [-0.39, 0.29) is 32.5 Å². The predicted molar refractivity (Wildman–Crippen MR) is 88.1 cm³/mol. The quantitative estimate of drug-likeness (QED) is 0.777. The van der Waals surface area contributed by atoms with E-state index in [9.17, 15) is 31.2 Å². The Balaban J connectivity index is 1.80. The fourth-order valence-corrected chi connectivity index (χ4v) is 4.88. The maximum absolute atomic E-state index is 12.9. The van der Waals surface area contributed by atoms with Crippen LogP contribution in [0, 0.1) is 0 Å². The first-order chi connectivity index (χ1) is 12.5. The van der Waals surface area contributed by atoms with Crippen LogP contribution in [0.4, 0.5) is 18.0 Å². The maximum Gasteiger partial charge on any atom is 0.416 e. The Bertz CT molecular complexity index is 877. The van der Waals surface area contributed by atoms with Crippen molar-refractivity contribution in [1.82, 2.24) is 14.5 Å². The van der Waals surface area contributed by atoms with E-state index < -0.39 is 44.1 Å². The molecule has 2 aliphatic rings. The molecule has 0 radical (unpaired) electrons. The normalized spacial score (nSPS) is 21.0. The molecule has 2 aliphatic heterocycles. The Morgan fingerprint density at radius 1 is 1.19 bits per heavy atom. The Hall–Kier alpha value is -2.14. The summed E-state index contributed by atoms with van der Waals surface area (Å²) in [6, 6.07) is 3.03. The number of amides is 3. The number of likely N-dealkylation sites (N-methyl/N-ethyl adjacent to an activating group) is 1. The van der Waals surface area contributed by atoms with Crippen molar-refractivity contribution in [3.63, 3.8) is 0 Å². The molecule has 11 heteroatoms. The summed E-state index contributed by atoms with van der Waals surface area (Å²) in [5, 5.41) is 2.63. The van der Waals surface area contributed by atoms with Crippen LogP contribution in [0.5, 0.6) is 0 Å². The molecule has 0 saturated carbocycles. The Labute approximate surface area is 154 Å². The van der Waals surface area contributed by atoms with Crippen LogP contribution in [0.1, 0.15) is 25.3 Å². The van der Waals surface area contributed by atoms with Crippen LogP contribution in [-0.2, 0) is 21.0 Å². The SMILES string of the molecule is CCN1C(=O)NC2(CCN(S(=O)(=O)c3cccc(C(F)(F)F)c3)CC2)C1=O. The Kier molecular flexibility index (Phi) is 4.71. The average molecular weight is 405 g/mol. The lowest BCUT2D eigenvalue weighted by Crippen LogP contribution is -2.55. The number of hydrogen-bond acceptors (Lipinski definition) is 4. The smallest absolute Gasteiger partial charge is 0.323 e. The van der Waals surface area contributed by atoms with Crippen LogP contribution in [0.2, 0.25) is 0 Å². The zero-order chi connectivity index (χ0) is 20.0. The number of benzene rings is 1. The van der Waals surface area contributed by atoms with Crippen molar-refractivity contribution < 1.29 is 31.2 Å². The summed E-state index contributed by atoms with van der Waals surface area (Å²) in [6.45, 7) is 1.70. The van der Waals surface area contributed by atoms with E-state index >= 15 is 0 Å². The number of nitrogens with zero attached hydrogens (tertiary/aromatic N) is 2. The number of piperidine rings is 1. The minimum Gasteiger partial charge on any atom is -0.323 e. The number of urea groups is 1. The zero-order valence-corrected chi connectivity index (χ0v) is 15.2. The molecule has 2 fully saturated rings. The minimum atomic E-state index is -4.65. The van der Waals surface area contributed by atoms with Gasteiger partial charge >= 0.3 is 12.2 Å². The predicted octanol–water partition coefficient (Wildman–Crippen LogP) is 1.80. The second kappa shape index (κ2) is 6.48. The van der Waals surface area contributed by atoms with Crippen LogP contribution < -0.4 is 5.32 Å². The van der Waals surface area contributed by atoms with Gasteiger partial charge in [0.25, 0.3) is 5.91 Å². The third-order valence-electron chi connectivity index (χ3n) is 4.94. The molecule has 0 aliphatic carbocycles. The van der Waals surface area contributed by atoms with Crippen LogP contribution in [0.3, 0.4) is 0 Å². The lowest BCUT2D eigenvalue weighted by atomic mass is 9.88.